The molecule has 0 aliphatic carbocycles. The minimum absolute atomic E-state index is 0.159. The number of aryl methyl sites for hydroxylation is 1. The Kier molecular flexibility index (Phi) is 3.19. The molecule has 104 valence electrons. The van der Waals surface area contributed by atoms with Crippen molar-refractivity contribution in [2.45, 2.75) is 18.9 Å². The first-order valence-electron chi connectivity index (χ1n) is 7.24. The molecule has 3 aromatic carbocycles. The normalized spacial score (nSPS) is 17.3. The average molecular weight is 339 g/mol. The van der Waals surface area contributed by atoms with E-state index in [2.05, 4.69) is 76.6 Å². The minimum Gasteiger partial charge on any atom is -0.485 e. The zero-order chi connectivity index (χ0) is 14.2. The first-order valence-corrected chi connectivity index (χ1v) is 8.03. The van der Waals surface area contributed by atoms with Gasteiger partial charge in [-0.15, -0.1) is 0 Å². The maximum Gasteiger partial charge on any atom is 0.124 e. The van der Waals surface area contributed by atoms with E-state index in [1.54, 1.807) is 0 Å². The summed E-state index contributed by atoms with van der Waals surface area (Å²) in [5.74, 6) is 1.04. The summed E-state index contributed by atoms with van der Waals surface area (Å²) in [5, 5.41) is 2.62. The highest BCUT2D eigenvalue weighted by Gasteiger charge is 2.22. The van der Waals surface area contributed by atoms with Crippen LogP contribution in [0.25, 0.3) is 10.8 Å². The third-order valence-corrected chi connectivity index (χ3v) is 4.69. The van der Waals surface area contributed by atoms with Crippen LogP contribution in [0.2, 0.25) is 0 Å². The van der Waals surface area contributed by atoms with Crippen molar-refractivity contribution < 1.29 is 4.74 Å². The lowest BCUT2D eigenvalue weighted by Crippen LogP contribution is -2.15. The lowest BCUT2D eigenvalue weighted by atomic mass is 9.93. The molecule has 0 radical (unpaired) electrons. The minimum atomic E-state index is 0.159. The molecular formula is C19H15BrO. The lowest BCUT2D eigenvalue weighted by molar-refractivity contribution is 0.177. The molecule has 1 aliphatic rings. The highest BCUT2D eigenvalue weighted by Crippen LogP contribution is 2.38. The van der Waals surface area contributed by atoms with Crippen molar-refractivity contribution >= 4 is 26.7 Å². The van der Waals surface area contributed by atoms with Gasteiger partial charge in [-0.05, 0) is 47.4 Å². The van der Waals surface area contributed by atoms with Crippen molar-refractivity contribution in [2.24, 2.45) is 0 Å². The van der Waals surface area contributed by atoms with Crippen molar-refractivity contribution in [3.05, 3.63) is 76.3 Å². The van der Waals surface area contributed by atoms with E-state index >= 15 is 0 Å². The summed E-state index contributed by atoms with van der Waals surface area (Å²) in [5.41, 5.74) is 2.60. The molecule has 0 saturated heterocycles. The van der Waals surface area contributed by atoms with Crippen LogP contribution >= 0.6 is 15.9 Å². The Morgan fingerprint density at radius 2 is 1.71 bits per heavy atom. The van der Waals surface area contributed by atoms with E-state index in [4.69, 9.17) is 4.74 Å². The monoisotopic (exact) mass is 338 g/mol. The summed E-state index contributed by atoms with van der Waals surface area (Å²) in [6.45, 7) is 0. The van der Waals surface area contributed by atoms with Crippen LogP contribution in [0.15, 0.2) is 65.1 Å². The molecule has 21 heavy (non-hydrogen) atoms. The molecule has 1 atom stereocenters. The van der Waals surface area contributed by atoms with Crippen molar-refractivity contribution in [3.63, 3.8) is 0 Å². The third-order valence-electron chi connectivity index (χ3n) is 4.17. The SMILES string of the molecule is Brc1ccc(C2CCc3c(ccc4ccccc34)O2)cc1. The third kappa shape index (κ3) is 2.34. The van der Waals surface area contributed by atoms with Crippen molar-refractivity contribution in [3.8, 4) is 5.75 Å². The van der Waals surface area contributed by atoms with Gasteiger partial charge in [-0.25, -0.2) is 0 Å². The predicted octanol–water partition coefficient (Wildman–Crippen LogP) is 5.67. The van der Waals surface area contributed by atoms with Gasteiger partial charge in [0.1, 0.15) is 11.9 Å². The second-order valence-electron chi connectivity index (χ2n) is 5.46. The summed E-state index contributed by atoms with van der Waals surface area (Å²) in [6, 6.07) is 21.2. The Morgan fingerprint density at radius 1 is 0.905 bits per heavy atom. The summed E-state index contributed by atoms with van der Waals surface area (Å²) in [4.78, 5) is 0. The van der Waals surface area contributed by atoms with Gasteiger partial charge < -0.3 is 4.74 Å². The molecule has 1 nitrogen and oxygen atoms in total. The Balaban J connectivity index is 1.72. The molecule has 1 aliphatic heterocycles. The molecule has 1 unspecified atom stereocenters. The molecule has 2 heteroatoms. The molecule has 0 N–H and O–H groups in total. The second-order valence-corrected chi connectivity index (χ2v) is 6.38. The summed E-state index contributed by atoms with van der Waals surface area (Å²) < 4.78 is 7.36. The van der Waals surface area contributed by atoms with Gasteiger partial charge in [-0.1, -0.05) is 58.4 Å². The Hall–Kier alpha value is -1.80. The maximum atomic E-state index is 6.25. The van der Waals surface area contributed by atoms with Gasteiger partial charge in [-0.2, -0.15) is 0 Å². The van der Waals surface area contributed by atoms with E-state index in [1.807, 2.05) is 0 Å². The Labute approximate surface area is 132 Å². The van der Waals surface area contributed by atoms with E-state index in [9.17, 15) is 0 Å². The summed E-state index contributed by atoms with van der Waals surface area (Å²) in [7, 11) is 0. The molecule has 0 saturated carbocycles. The molecule has 3 aromatic rings. The highest BCUT2D eigenvalue weighted by molar-refractivity contribution is 9.10. The number of ether oxygens (including phenoxy) is 1. The van der Waals surface area contributed by atoms with Gasteiger partial charge in [0, 0.05) is 10.0 Å². The Bertz CT molecular complexity index is 792. The van der Waals surface area contributed by atoms with E-state index in [0.717, 1.165) is 23.1 Å². The van der Waals surface area contributed by atoms with Crippen molar-refractivity contribution in [1.82, 2.24) is 0 Å². The summed E-state index contributed by atoms with van der Waals surface area (Å²) in [6.07, 6.45) is 2.26. The standard InChI is InChI=1S/C19H15BrO/c20-15-8-5-14(6-9-15)18-12-10-17-16-4-2-1-3-13(16)7-11-19(17)21-18/h1-9,11,18H,10,12H2. The predicted molar refractivity (Wildman–Crippen MR) is 89.8 cm³/mol. The van der Waals surface area contributed by atoms with Crippen LogP contribution in [-0.4, -0.2) is 0 Å². The quantitative estimate of drug-likeness (QED) is 0.555. The largest absolute Gasteiger partial charge is 0.485 e. The number of hydrogen-bond donors (Lipinski definition) is 0. The lowest BCUT2D eigenvalue weighted by Gasteiger charge is -2.27. The van der Waals surface area contributed by atoms with E-state index in [-0.39, 0.29) is 6.10 Å². The van der Waals surface area contributed by atoms with Gasteiger partial charge in [0.05, 0.1) is 0 Å². The molecule has 4 rings (SSSR count). The van der Waals surface area contributed by atoms with Crippen LogP contribution < -0.4 is 4.74 Å². The molecule has 1 heterocycles. The second kappa shape index (κ2) is 5.19. The van der Waals surface area contributed by atoms with Gasteiger partial charge in [0.25, 0.3) is 0 Å². The van der Waals surface area contributed by atoms with Crippen LogP contribution in [0, 0.1) is 0 Å². The maximum absolute atomic E-state index is 6.25. The zero-order valence-electron chi connectivity index (χ0n) is 11.6. The van der Waals surface area contributed by atoms with Crippen molar-refractivity contribution in [1.29, 1.82) is 0 Å². The number of hydrogen-bond acceptors (Lipinski definition) is 1. The first kappa shape index (κ1) is 12.9. The van der Waals surface area contributed by atoms with Gasteiger partial charge in [0.15, 0.2) is 0 Å². The summed E-state index contributed by atoms with van der Waals surface area (Å²) >= 11 is 3.48. The number of halogens is 1. The van der Waals surface area contributed by atoms with Crippen LogP contribution in [0.4, 0.5) is 0 Å². The smallest absolute Gasteiger partial charge is 0.124 e. The van der Waals surface area contributed by atoms with Gasteiger partial charge >= 0.3 is 0 Å². The topological polar surface area (TPSA) is 9.23 Å². The van der Waals surface area contributed by atoms with Gasteiger partial charge in [-0.3, -0.25) is 0 Å². The average Bonchev–Trinajstić information content (AvgIpc) is 2.55. The molecule has 0 amide bonds. The van der Waals surface area contributed by atoms with Crippen LogP contribution in [0.5, 0.6) is 5.75 Å². The van der Waals surface area contributed by atoms with E-state index in [0.29, 0.717) is 0 Å². The van der Waals surface area contributed by atoms with Crippen LogP contribution in [-0.2, 0) is 6.42 Å². The number of rotatable bonds is 1. The fourth-order valence-corrected chi connectivity index (χ4v) is 3.35. The van der Waals surface area contributed by atoms with Crippen LogP contribution in [0.3, 0.4) is 0 Å². The molecule has 0 spiro atoms. The molecule has 0 bridgehead atoms. The van der Waals surface area contributed by atoms with E-state index < -0.39 is 0 Å². The fourth-order valence-electron chi connectivity index (χ4n) is 3.08. The van der Waals surface area contributed by atoms with Crippen molar-refractivity contribution in [2.75, 3.05) is 0 Å². The zero-order valence-corrected chi connectivity index (χ0v) is 13.1. The number of fused-ring (bicyclic) bond motifs is 3. The van der Waals surface area contributed by atoms with Gasteiger partial charge in [0.2, 0.25) is 0 Å². The first-order chi connectivity index (χ1) is 10.3. The molecule has 0 fully saturated rings. The fraction of sp³-hybridized carbons (Fsp3) is 0.158. The van der Waals surface area contributed by atoms with Crippen LogP contribution in [0.1, 0.15) is 23.7 Å². The van der Waals surface area contributed by atoms with E-state index in [1.165, 1.54) is 21.9 Å². The Morgan fingerprint density at radius 3 is 2.57 bits per heavy atom. The molecular weight excluding hydrogens is 324 g/mol. The number of benzene rings is 3. The highest BCUT2D eigenvalue weighted by atomic mass is 79.9. The molecule has 0 aromatic heterocycles.